The number of carbonyl (C=O) groups is 1. The first kappa shape index (κ1) is 6.83. The summed E-state index contributed by atoms with van der Waals surface area (Å²) in [6.07, 6.45) is 1.36. The molecule has 0 amide bonds. The molecular formula is C5H8ClNO2. The van der Waals surface area contributed by atoms with Crippen LogP contribution in [0, 0.1) is 0 Å². The summed E-state index contributed by atoms with van der Waals surface area (Å²) in [5.74, 6) is -0.971. The molecule has 3 nitrogen and oxygen atoms in total. The van der Waals surface area contributed by atoms with E-state index < -0.39 is 11.0 Å². The minimum absolute atomic E-state index is 0.518. The molecular weight excluding hydrogens is 142 g/mol. The number of alkyl halides is 1. The standard InChI is InChI=1S/C5H8ClNO2/c6-5(4(8)9)2-1-3-7-5/h7H,1-3H2,(H,8,9). The summed E-state index contributed by atoms with van der Waals surface area (Å²) < 4.78 is 0. The highest BCUT2D eigenvalue weighted by Gasteiger charge is 2.38. The molecule has 0 saturated carbocycles. The first-order valence-electron chi connectivity index (χ1n) is 2.82. The van der Waals surface area contributed by atoms with E-state index in [0.29, 0.717) is 13.0 Å². The minimum Gasteiger partial charge on any atom is -0.479 e. The molecule has 52 valence electrons. The lowest BCUT2D eigenvalue weighted by Gasteiger charge is -2.13. The van der Waals surface area contributed by atoms with Gasteiger partial charge in [-0.3, -0.25) is 5.32 Å². The van der Waals surface area contributed by atoms with Crippen LogP contribution < -0.4 is 5.32 Å². The molecule has 1 fully saturated rings. The Morgan fingerprint density at radius 3 is 2.67 bits per heavy atom. The second-order valence-corrected chi connectivity index (χ2v) is 2.78. The SMILES string of the molecule is O=C(O)C1(Cl)CCCN1. The molecule has 0 aromatic carbocycles. The number of carboxylic acid groups (broad SMARTS) is 1. The Labute approximate surface area is 58.0 Å². The highest BCUT2D eigenvalue weighted by molar-refractivity contribution is 6.33. The van der Waals surface area contributed by atoms with Gasteiger partial charge in [-0.05, 0) is 19.4 Å². The van der Waals surface area contributed by atoms with Crippen molar-refractivity contribution in [3.8, 4) is 0 Å². The van der Waals surface area contributed by atoms with Crippen LogP contribution in [0.1, 0.15) is 12.8 Å². The molecule has 4 heteroatoms. The van der Waals surface area contributed by atoms with Gasteiger partial charge in [-0.2, -0.15) is 0 Å². The summed E-state index contributed by atoms with van der Waals surface area (Å²) in [6, 6.07) is 0. The zero-order chi connectivity index (χ0) is 6.91. The Hall–Kier alpha value is -0.280. The van der Waals surface area contributed by atoms with Gasteiger partial charge in [0.05, 0.1) is 0 Å². The van der Waals surface area contributed by atoms with Gasteiger partial charge in [-0.25, -0.2) is 4.79 Å². The smallest absolute Gasteiger partial charge is 0.339 e. The van der Waals surface area contributed by atoms with E-state index in [9.17, 15) is 4.79 Å². The maximum atomic E-state index is 10.3. The fourth-order valence-electron chi connectivity index (χ4n) is 0.889. The topological polar surface area (TPSA) is 49.3 Å². The maximum absolute atomic E-state index is 10.3. The van der Waals surface area contributed by atoms with Crippen molar-refractivity contribution in [1.82, 2.24) is 5.32 Å². The van der Waals surface area contributed by atoms with E-state index in [-0.39, 0.29) is 0 Å². The average Bonchev–Trinajstić information content (AvgIpc) is 2.16. The average molecular weight is 150 g/mol. The summed E-state index contributed by atoms with van der Waals surface area (Å²) in [5.41, 5.74) is 0. The molecule has 1 aliphatic rings. The van der Waals surface area contributed by atoms with Crippen LogP contribution in [0.2, 0.25) is 0 Å². The van der Waals surface area contributed by atoms with Crippen LogP contribution in [0.3, 0.4) is 0 Å². The van der Waals surface area contributed by atoms with Gasteiger partial charge in [0.15, 0.2) is 5.00 Å². The van der Waals surface area contributed by atoms with Crippen molar-refractivity contribution in [2.75, 3.05) is 6.54 Å². The van der Waals surface area contributed by atoms with Crippen molar-refractivity contribution < 1.29 is 9.90 Å². The molecule has 0 aromatic heterocycles. The summed E-state index contributed by atoms with van der Waals surface area (Å²) in [5, 5.41) is 11.2. The minimum atomic E-state index is -1.17. The van der Waals surface area contributed by atoms with Gasteiger partial charge >= 0.3 is 5.97 Å². The van der Waals surface area contributed by atoms with Crippen LogP contribution in [0.15, 0.2) is 0 Å². The highest BCUT2D eigenvalue weighted by atomic mass is 35.5. The van der Waals surface area contributed by atoms with Gasteiger partial charge in [0.25, 0.3) is 0 Å². The predicted molar refractivity (Wildman–Crippen MR) is 33.5 cm³/mol. The van der Waals surface area contributed by atoms with Crippen LogP contribution in [-0.4, -0.2) is 22.6 Å². The molecule has 1 unspecified atom stereocenters. The van der Waals surface area contributed by atoms with E-state index in [4.69, 9.17) is 16.7 Å². The Morgan fingerprint density at radius 2 is 2.44 bits per heavy atom. The Balaban J connectivity index is 2.61. The van der Waals surface area contributed by atoms with Crippen molar-refractivity contribution in [2.45, 2.75) is 17.8 Å². The Kier molecular flexibility index (Phi) is 1.64. The molecule has 1 heterocycles. The molecule has 0 bridgehead atoms. The molecule has 2 N–H and O–H groups in total. The molecule has 1 rings (SSSR count). The molecule has 9 heavy (non-hydrogen) atoms. The lowest BCUT2D eigenvalue weighted by atomic mass is 10.2. The number of rotatable bonds is 1. The second-order valence-electron chi connectivity index (χ2n) is 2.14. The van der Waals surface area contributed by atoms with E-state index in [1.165, 1.54) is 0 Å². The van der Waals surface area contributed by atoms with Crippen LogP contribution in [-0.2, 0) is 4.79 Å². The largest absolute Gasteiger partial charge is 0.479 e. The molecule has 0 radical (unpaired) electrons. The zero-order valence-electron chi connectivity index (χ0n) is 4.85. The quantitative estimate of drug-likeness (QED) is 0.419. The van der Waals surface area contributed by atoms with Crippen molar-refractivity contribution in [1.29, 1.82) is 0 Å². The lowest BCUT2D eigenvalue weighted by molar-refractivity contribution is -0.140. The van der Waals surface area contributed by atoms with Gasteiger partial charge in [-0.1, -0.05) is 11.6 Å². The third-order valence-electron chi connectivity index (χ3n) is 1.44. The van der Waals surface area contributed by atoms with Gasteiger partial charge in [-0.15, -0.1) is 0 Å². The molecule has 0 aromatic rings. The Bertz CT molecular complexity index is 131. The summed E-state index contributed by atoms with van der Waals surface area (Å²) in [7, 11) is 0. The number of carboxylic acids is 1. The van der Waals surface area contributed by atoms with Crippen LogP contribution >= 0.6 is 11.6 Å². The van der Waals surface area contributed by atoms with E-state index >= 15 is 0 Å². The first-order chi connectivity index (χ1) is 4.15. The third-order valence-corrected chi connectivity index (χ3v) is 1.93. The van der Waals surface area contributed by atoms with Crippen LogP contribution in [0.4, 0.5) is 0 Å². The van der Waals surface area contributed by atoms with E-state index in [2.05, 4.69) is 5.32 Å². The first-order valence-corrected chi connectivity index (χ1v) is 3.20. The summed E-state index contributed by atoms with van der Waals surface area (Å²) in [4.78, 5) is 9.16. The van der Waals surface area contributed by atoms with Crippen LogP contribution in [0.5, 0.6) is 0 Å². The molecule has 1 aliphatic heterocycles. The molecule has 0 spiro atoms. The van der Waals surface area contributed by atoms with Gasteiger partial charge in [0, 0.05) is 0 Å². The van der Waals surface area contributed by atoms with Crippen molar-refractivity contribution in [2.24, 2.45) is 0 Å². The van der Waals surface area contributed by atoms with E-state index in [1.54, 1.807) is 0 Å². The number of hydrogen-bond acceptors (Lipinski definition) is 2. The summed E-state index contributed by atoms with van der Waals surface area (Å²) in [6.45, 7) is 0.704. The van der Waals surface area contributed by atoms with Crippen molar-refractivity contribution in [3.05, 3.63) is 0 Å². The summed E-state index contributed by atoms with van der Waals surface area (Å²) >= 11 is 5.59. The van der Waals surface area contributed by atoms with Crippen LogP contribution in [0.25, 0.3) is 0 Å². The third kappa shape index (κ3) is 1.17. The van der Waals surface area contributed by atoms with E-state index in [0.717, 1.165) is 6.42 Å². The number of aliphatic carboxylic acids is 1. The lowest BCUT2D eigenvalue weighted by Crippen LogP contribution is -2.41. The Morgan fingerprint density at radius 1 is 1.78 bits per heavy atom. The number of hydrogen-bond donors (Lipinski definition) is 2. The van der Waals surface area contributed by atoms with Gasteiger partial charge in [0.1, 0.15) is 0 Å². The number of halogens is 1. The highest BCUT2D eigenvalue weighted by Crippen LogP contribution is 2.23. The monoisotopic (exact) mass is 149 g/mol. The fraction of sp³-hybridized carbons (Fsp3) is 0.800. The molecule has 1 saturated heterocycles. The maximum Gasteiger partial charge on any atom is 0.339 e. The number of nitrogens with one attached hydrogen (secondary N) is 1. The van der Waals surface area contributed by atoms with Crippen molar-refractivity contribution >= 4 is 17.6 Å². The van der Waals surface area contributed by atoms with Crippen molar-refractivity contribution in [3.63, 3.8) is 0 Å². The predicted octanol–water partition coefficient (Wildman–Crippen LogP) is 0.390. The normalized spacial score (nSPS) is 34.8. The molecule has 1 atom stereocenters. The van der Waals surface area contributed by atoms with Gasteiger partial charge in [0.2, 0.25) is 0 Å². The second kappa shape index (κ2) is 2.15. The fourth-order valence-corrected chi connectivity index (χ4v) is 1.12. The van der Waals surface area contributed by atoms with Gasteiger partial charge < -0.3 is 5.11 Å². The van der Waals surface area contributed by atoms with E-state index in [1.807, 2.05) is 0 Å². The zero-order valence-corrected chi connectivity index (χ0v) is 5.61. The molecule has 0 aliphatic carbocycles.